The first kappa shape index (κ1) is 18.2. The first-order chi connectivity index (χ1) is 11.7. The van der Waals surface area contributed by atoms with Gasteiger partial charge in [0.25, 0.3) is 5.91 Å². The maximum absolute atomic E-state index is 11.0. The second-order valence-electron chi connectivity index (χ2n) is 5.84. The maximum atomic E-state index is 11.0. The highest BCUT2D eigenvalue weighted by Crippen LogP contribution is 2.16. The van der Waals surface area contributed by atoms with Crippen molar-refractivity contribution in [3.05, 3.63) is 36.2 Å². The first-order valence-corrected chi connectivity index (χ1v) is 8.47. The molecule has 0 unspecified atom stereocenters. The Balaban J connectivity index is 2.07. The fraction of sp³-hybridized carbons (Fsp3) is 0.444. The van der Waals surface area contributed by atoms with Gasteiger partial charge < -0.3 is 9.47 Å². The number of rotatable bonds is 9. The minimum atomic E-state index is -0.549. The van der Waals surface area contributed by atoms with E-state index >= 15 is 0 Å². The number of carbonyl (C=O) groups excluding carboxylic acids is 1. The van der Waals surface area contributed by atoms with Crippen molar-refractivity contribution < 1.29 is 10.0 Å². The Bertz CT molecular complexity index is 687. The summed E-state index contributed by atoms with van der Waals surface area (Å²) in [6.45, 7) is 8.61. The van der Waals surface area contributed by atoms with E-state index in [4.69, 9.17) is 5.21 Å². The third-order valence-electron chi connectivity index (χ3n) is 3.92. The summed E-state index contributed by atoms with van der Waals surface area (Å²) in [6.07, 6.45) is 7.14. The average molecular weight is 330 g/mol. The van der Waals surface area contributed by atoms with Gasteiger partial charge >= 0.3 is 0 Å². The molecule has 0 aliphatic carbocycles. The highest BCUT2D eigenvalue weighted by molar-refractivity contribution is 5.91. The third kappa shape index (κ3) is 4.91. The van der Waals surface area contributed by atoms with E-state index in [0.717, 1.165) is 42.8 Å². The van der Waals surface area contributed by atoms with Crippen molar-refractivity contribution in [2.45, 2.75) is 33.2 Å². The van der Waals surface area contributed by atoms with E-state index in [0.29, 0.717) is 0 Å². The molecular weight excluding hydrogens is 304 g/mol. The topological polar surface area (TPSA) is 70.4 Å². The molecule has 0 saturated carbocycles. The first-order valence-electron chi connectivity index (χ1n) is 8.47. The third-order valence-corrected chi connectivity index (χ3v) is 3.92. The molecule has 0 fully saturated rings. The molecule has 2 rings (SSSR count). The van der Waals surface area contributed by atoms with Crippen LogP contribution in [0.25, 0.3) is 17.1 Å². The zero-order valence-corrected chi connectivity index (χ0v) is 14.4. The lowest BCUT2D eigenvalue weighted by Crippen LogP contribution is -2.29. The summed E-state index contributed by atoms with van der Waals surface area (Å²) in [7, 11) is 0. The molecule has 1 heterocycles. The Labute approximate surface area is 142 Å². The fourth-order valence-electron chi connectivity index (χ4n) is 2.79. The van der Waals surface area contributed by atoms with Crippen LogP contribution in [0.3, 0.4) is 0 Å². The van der Waals surface area contributed by atoms with E-state index in [1.807, 2.05) is 24.5 Å². The lowest BCUT2D eigenvalue weighted by Gasteiger charge is -2.21. The molecule has 0 bridgehead atoms. The molecule has 0 aliphatic heterocycles. The quantitative estimate of drug-likeness (QED) is 0.421. The Morgan fingerprint density at radius 3 is 2.71 bits per heavy atom. The number of benzene rings is 1. The number of nitrogens with one attached hydrogen (secondary N) is 1. The second-order valence-corrected chi connectivity index (χ2v) is 5.84. The van der Waals surface area contributed by atoms with Crippen molar-refractivity contribution in [2.24, 2.45) is 0 Å². The van der Waals surface area contributed by atoms with Crippen LogP contribution in [-0.2, 0) is 11.3 Å². The molecule has 0 radical (unpaired) electrons. The van der Waals surface area contributed by atoms with Gasteiger partial charge in [-0.25, -0.2) is 10.5 Å². The molecule has 130 valence electrons. The Kier molecular flexibility index (Phi) is 6.96. The van der Waals surface area contributed by atoms with Gasteiger partial charge in [-0.1, -0.05) is 19.9 Å². The van der Waals surface area contributed by atoms with Crippen LogP contribution in [0.4, 0.5) is 0 Å². The second kappa shape index (κ2) is 9.20. The van der Waals surface area contributed by atoms with Gasteiger partial charge in [-0.15, -0.1) is 0 Å². The molecule has 0 aliphatic rings. The van der Waals surface area contributed by atoms with Gasteiger partial charge in [-0.05, 0) is 49.7 Å². The minimum absolute atomic E-state index is 0.549. The summed E-state index contributed by atoms with van der Waals surface area (Å²) in [6, 6.07) is 5.89. The predicted molar refractivity (Wildman–Crippen MR) is 95.7 cm³/mol. The van der Waals surface area contributed by atoms with E-state index < -0.39 is 5.91 Å². The number of amides is 1. The smallest absolute Gasteiger partial charge is 0.267 e. The van der Waals surface area contributed by atoms with Crippen LogP contribution in [0.5, 0.6) is 0 Å². The summed E-state index contributed by atoms with van der Waals surface area (Å²) < 4.78 is 2.17. The number of hydrogen-bond acceptors (Lipinski definition) is 4. The summed E-state index contributed by atoms with van der Waals surface area (Å²) in [5, 5.41) is 8.50. The maximum Gasteiger partial charge on any atom is 0.267 e. The minimum Gasteiger partial charge on any atom is -0.329 e. The van der Waals surface area contributed by atoms with E-state index in [9.17, 15) is 4.79 Å². The number of hydroxylamine groups is 1. The number of fused-ring (bicyclic) bond motifs is 1. The molecule has 6 heteroatoms. The van der Waals surface area contributed by atoms with Crippen molar-refractivity contribution >= 4 is 23.0 Å². The van der Waals surface area contributed by atoms with Gasteiger partial charge in [0, 0.05) is 19.2 Å². The fourth-order valence-corrected chi connectivity index (χ4v) is 2.79. The zero-order valence-electron chi connectivity index (χ0n) is 14.4. The van der Waals surface area contributed by atoms with Crippen molar-refractivity contribution in [1.82, 2.24) is 19.9 Å². The van der Waals surface area contributed by atoms with Crippen molar-refractivity contribution in [1.29, 1.82) is 0 Å². The van der Waals surface area contributed by atoms with Gasteiger partial charge in [0.1, 0.15) is 0 Å². The van der Waals surface area contributed by atoms with Crippen LogP contribution in [0.1, 0.15) is 32.3 Å². The zero-order chi connectivity index (χ0) is 17.4. The molecule has 0 spiro atoms. The van der Waals surface area contributed by atoms with Crippen LogP contribution >= 0.6 is 0 Å². The summed E-state index contributed by atoms with van der Waals surface area (Å²) in [5.74, 6) is -0.549. The molecular formula is C18H26N4O2. The van der Waals surface area contributed by atoms with Crippen molar-refractivity contribution in [3.63, 3.8) is 0 Å². The number of carbonyl (C=O) groups is 1. The van der Waals surface area contributed by atoms with E-state index in [1.165, 1.54) is 18.9 Å². The Morgan fingerprint density at radius 1 is 1.29 bits per heavy atom. The Hall–Kier alpha value is -2.18. The molecule has 1 aromatic heterocycles. The van der Waals surface area contributed by atoms with Gasteiger partial charge in [-0.3, -0.25) is 10.0 Å². The van der Waals surface area contributed by atoms with Crippen LogP contribution in [0, 0.1) is 0 Å². The van der Waals surface area contributed by atoms with E-state index in [1.54, 1.807) is 11.6 Å². The molecule has 1 amide bonds. The number of nitrogens with zero attached hydrogens (tertiary/aromatic N) is 3. The molecule has 6 nitrogen and oxygen atoms in total. The molecule has 2 aromatic rings. The number of aromatic nitrogens is 2. The lowest BCUT2D eigenvalue weighted by atomic mass is 10.2. The Morgan fingerprint density at radius 2 is 2.04 bits per heavy atom. The van der Waals surface area contributed by atoms with Crippen LogP contribution in [-0.4, -0.2) is 45.2 Å². The molecule has 0 saturated heterocycles. The molecule has 1 aromatic carbocycles. The van der Waals surface area contributed by atoms with Crippen molar-refractivity contribution in [3.8, 4) is 0 Å². The SMILES string of the molecule is CCCN(CCC)CCn1cnc2cc(/C=C/C(=O)NO)ccc21. The molecule has 0 atom stereocenters. The van der Waals surface area contributed by atoms with Crippen molar-refractivity contribution in [2.75, 3.05) is 19.6 Å². The summed E-state index contributed by atoms with van der Waals surface area (Å²) in [5.41, 5.74) is 4.44. The summed E-state index contributed by atoms with van der Waals surface area (Å²) in [4.78, 5) is 18.0. The normalized spacial score (nSPS) is 11.7. The van der Waals surface area contributed by atoms with Crippen LogP contribution in [0.2, 0.25) is 0 Å². The molecule has 2 N–H and O–H groups in total. The number of imidazole rings is 1. The van der Waals surface area contributed by atoms with Gasteiger partial charge in [0.2, 0.25) is 0 Å². The van der Waals surface area contributed by atoms with Gasteiger partial charge in [0.05, 0.1) is 17.4 Å². The van der Waals surface area contributed by atoms with Crippen LogP contribution in [0.15, 0.2) is 30.6 Å². The number of hydrogen-bond donors (Lipinski definition) is 2. The standard InChI is InChI=1S/C18H26N4O2/c1-3-9-21(10-4-2)11-12-22-14-19-16-13-15(5-7-17(16)22)6-8-18(23)20-24/h5-8,13-14,24H,3-4,9-12H2,1-2H3,(H,20,23)/b8-6+. The lowest BCUT2D eigenvalue weighted by molar-refractivity contribution is -0.124. The highest BCUT2D eigenvalue weighted by Gasteiger charge is 2.06. The monoisotopic (exact) mass is 330 g/mol. The summed E-state index contributed by atoms with van der Waals surface area (Å²) >= 11 is 0. The largest absolute Gasteiger partial charge is 0.329 e. The average Bonchev–Trinajstić information content (AvgIpc) is 3.00. The highest BCUT2D eigenvalue weighted by atomic mass is 16.5. The molecule has 24 heavy (non-hydrogen) atoms. The van der Waals surface area contributed by atoms with Gasteiger partial charge in [-0.2, -0.15) is 0 Å². The van der Waals surface area contributed by atoms with E-state index in [-0.39, 0.29) is 0 Å². The van der Waals surface area contributed by atoms with E-state index in [2.05, 4.69) is 28.3 Å². The predicted octanol–water partition coefficient (Wildman–Crippen LogP) is 2.68. The van der Waals surface area contributed by atoms with Gasteiger partial charge in [0.15, 0.2) is 0 Å². The van der Waals surface area contributed by atoms with Crippen LogP contribution < -0.4 is 5.48 Å².